The van der Waals surface area contributed by atoms with Gasteiger partial charge in [0, 0.05) is 6.42 Å². The zero-order chi connectivity index (χ0) is 18.8. The minimum Gasteiger partial charge on any atom is -0.494 e. The lowest BCUT2D eigenvalue weighted by Crippen LogP contribution is -2.01. The van der Waals surface area contributed by atoms with Crippen molar-refractivity contribution in [2.45, 2.75) is 59.3 Å². The van der Waals surface area contributed by atoms with Gasteiger partial charge < -0.3 is 4.74 Å². The van der Waals surface area contributed by atoms with Crippen molar-refractivity contribution in [3.63, 3.8) is 0 Å². The van der Waals surface area contributed by atoms with Crippen molar-refractivity contribution in [1.82, 2.24) is 0 Å². The molecule has 0 fully saturated rings. The van der Waals surface area contributed by atoms with Crippen molar-refractivity contribution in [3.8, 4) is 16.9 Å². The molecule has 0 saturated carbocycles. The van der Waals surface area contributed by atoms with E-state index in [1.165, 1.54) is 31.2 Å². The molecule has 0 aliphatic heterocycles. The Morgan fingerprint density at radius 3 is 2.00 bits per heavy atom. The van der Waals surface area contributed by atoms with Crippen LogP contribution in [0.25, 0.3) is 11.1 Å². The SMILES string of the molecule is CCC(CC)CCCCOc1ccc(-c2ccc(CC(C)=O)cc2)cc1. The van der Waals surface area contributed by atoms with E-state index in [1.54, 1.807) is 6.92 Å². The van der Waals surface area contributed by atoms with Gasteiger partial charge in [0.25, 0.3) is 0 Å². The predicted octanol–water partition coefficient (Wildman–Crippen LogP) is 6.47. The average molecular weight is 353 g/mol. The van der Waals surface area contributed by atoms with E-state index in [0.29, 0.717) is 6.42 Å². The van der Waals surface area contributed by atoms with Crippen molar-refractivity contribution in [2.75, 3.05) is 6.61 Å². The summed E-state index contributed by atoms with van der Waals surface area (Å²) in [6.07, 6.45) is 6.76. The van der Waals surface area contributed by atoms with Crippen LogP contribution in [0, 0.1) is 5.92 Å². The van der Waals surface area contributed by atoms with Crippen molar-refractivity contribution < 1.29 is 9.53 Å². The van der Waals surface area contributed by atoms with Gasteiger partial charge in [-0.25, -0.2) is 0 Å². The number of benzene rings is 2. The first-order chi connectivity index (χ1) is 12.6. The van der Waals surface area contributed by atoms with Gasteiger partial charge in [-0.05, 0) is 54.5 Å². The highest BCUT2D eigenvalue weighted by Crippen LogP contribution is 2.23. The summed E-state index contributed by atoms with van der Waals surface area (Å²) in [7, 11) is 0. The highest BCUT2D eigenvalue weighted by Gasteiger charge is 2.04. The third kappa shape index (κ3) is 6.67. The van der Waals surface area contributed by atoms with Crippen LogP contribution in [0.3, 0.4) is 0 Å². The van der Waals surface area contributed by atoms with Crippen LogP contribution in [0.2, 0.25) is 0 Å². The molecule has 2 nitrogen and oxygen atoms in total. The van der Waals surface area contributed by atoms with Crippen molar-refractivity contribution in [1.29, 1.82) is 0 Å². The molecule has 0 unspecified atom stereocenters. The third-order valence-corrected chi connectivity index (χ3v) is 5.02. The Bertz CT molecular complexity index is 652. The molecule has 26 heavy (non-hydrogen) atoms. The first-order valence-electron chi connectivity index (χ1n) is 9.94. The van der Waals surface area contributed by atoms with Crippen LogP contribution in [0.4, 0.5) is 0 Å². The average Bonchev–Trinajstić information content (AvgIpc) is 2.65. The van der Waals surface area contributed by atoms with Gasteiger partial charge >= 0.3 is 0 Å². The van der Waals surface area contributed by atoms with Crippen molar-refractivity contribution >= 4 is 5.78 Å². The highest BCUT2D eigenvalue weighted by atomic mass is 16.5. The fourth-order valence-electron chi connectivity index (χ4n) is 3.27. The van der Waals surface area contributed by atoms with Crippen LogP contribution < -0.4 is 4.74 Å². The Labute approximate surface area is 158 Å². The van der Waals surface area contributed by atoms with E-state index < -0.39 is 0 Å². The Hall–Kier alpha value is -2.09. The molecule has 0 amide bonds. The second-order valence-corrected chi connectivity index (χ2v) is 7.13. The second-order valence-electron chi connectivity index (χ2n) is 7.13. The number of rotatable bonds is 11. The molecule has 0 aromatic heterocycles. The Kier molecular flexibility index (Phi) is 8.40. The predicted molar refractivity (Wildman–Crippen MR) is 110 cm³/mol. The molecule has 0 spiro atoms. The van der Waals surface area contributed by atoms with Crippen LogP contribution in [0.5, 0.6) is 5.75 Å². The lowest BCUT2D eigenvalue weighted by atomic mass is 9.97. The molecule has 2 aromatic rings. The molecule has 0 atom stereocenters. The normalized spacial score (nSPS) is 10.9. The molecule has 140 valence electrons. The molecule has 0 aliphatic rings. The largest absolute Gasteiger partial charge is 0.494 e. The van der Waals surface area contributed by atoms with E-state index in [4.69, 9.17) is 4.74 Å². The van der Waals surface area contributed by atoms with Crippen LogP contribution in [-0.4, -0.2) is 12.4 Å². The van der Waals surface area contributed by atoms with Gasteiger partial charge in [-0.2, -0.15) is 0 Å². The van der Waals surface area contributed by atoms with Gasteiger partial charge in [0.15, 0.2) is 0 Å². The number of hydrogen-bond acceptors (Lipinski definition) is 2. The van der Waals surface area contributed by atoms with Gasteiger partial charge in [-0.15, -0.1) is 0 Å². The molecule has 0 saturated heterocycles. The Morgan fingerprint density at radius 1 is 0.885 bits per heavy atom. The van der Waals surface area contributed by atoms with Crippen LogP contribution >= 0.6 is 0 Å². The first-order valence-corrected chi connectivity index (χ1v) is 9.94. The summed E-state index contributed by atoms with van der Waals surface area (Å²) in [6.45, 7) is 6.98. The number of carbonyl (C=O) groups is 1. The van der Waals surface area contributed by atoms with E-state index in [0.717, 1.165) is 35.8 Å². The van der Waals surface area contributed by atoms with Crippen LogP contribution in [0.15, 0.2) is 48.5 Å². The summed E-state index contributed by atoms with van der Waals surface area (Å²) in [5.74, 6) is 2.00. The zero-order valence-electron chi connectivity index (χ0n) is 16.5. The summed E-state index contributed by atoms with van der Waals surface area (Å²) >= 11 is 0. The summed E-state index contributed by atoms with van der Waals surface area (Å²) < 4.78 is 5.87. The number of unbranched alkanes of at least 4 members (excludes halogenated alkanes) is 1. The maximum absolute atomic E-state index is 11.2. The maximum Gasteiger partial charge on any atom is 0.134 e. The van der Waals surface area contributed by atoms with Crippen molar-refractivity contribution in [3.05, 3.63) is 54.1 Å². The van der Waals surface area contributed by atoms with Crippen LogP contribution in [0.1, 0.15) is 58.4 Å². The molecule has 2 heteroatoms. The number of ketones is 1. The van der Waals surface area contributed by atoms with Crippen molar-refractivity contribution in [2.24, 2.45) is 5.92 Å². The monoisotopic (exact) mass is 352 g/mol. The quantitative estimate of drug-likeness (QED) is 0.433. The Morgan fingerprint density at radius 2 is 1.46 bits per heavy atom. The lowest BCUT2D eigenvalue weighted by Gasteiger charge is -2.12. The van der Waals surface area contributed by atoms with E-state index >= 15 is 0 Å². The number of ether oxygens (including phenoxy) is 1. The van der Waals surface area contributed by atoms with E-state index in [2.05, 4.69) is 38.1 Å². The molecule has 0 heterocycles. The van der Waals surface area contributed by atoms with E-state index in [-0.39, 0.29) is 5.78 Å². The summed E-state index contributed by atoms with van der Waals surface area (Å²) in [5.41, 5.74) is 3.39. The van der Waals surface area contributed by atoms with Gasteiger partial charge in [-0.3, -0.25) is 4.79 Å². The van der Waals surface area contributed by atoms with Gasteiger partial charge in [0.05, 0.1) is 6.61 Å². The van der Waals surface area contributed by atoms with E-state index in [1.807, 2.05) is 24.3 Å². The maximum atomic E-state index is 11.2. The first kappa shape index (κ1) is 20.2. The molecular formula is C24H32O2. The minimum atomic E-state index is 0.194. The topological polar surface area (TPSA) is 26.3 Å². The van der Waals surface area contributed by atoms with E-state index in [9.17, 15) is 4.79 Å². The number of hydrogen-bond donors (Lipinski definition) is 0. The molecule has 0 radical (unpaired) electrons. The zero-order valence-corrected chi connectivity index (χ0v) is 16.5. The van der Waals surface area contributed by atoms with Crippen LogP contribution in [-0.2, 0) is 11.2 Å². The number of carbonyl (C=O) groups excluding carboxylic acids is 1. The summed E-state index contributed by atoms with van der Waals surface area (Å²) in [4.78, 5) is 11.2. The fourth-order valence-corrected chi connectivity index (χ4v) is 3.27. The minimum absolute atomic E-state index is 0.194. The van der Waals surface area contributed by atoms with Gasteiger partial charge in [0.2, 0.25) is 0 Å². The second kappa shape index (κ2) is 10.8. The van der Waals surface area contributed by atoms with Gasteiger partial charge in [0.1, 0.15) is 11.5 Å². The highest BCUT2D eigenvalue weighted by molar-refractivity contribution is 5.78. The van der Waals surface area contributed by atoms with Gasteiger partial charge in [-0.1, -0.05) is 69.5 Å². The summed E-state index contributed by atoms with van der Waals surface area (Å²) in [6, 6.07) is 16.5. The smallest absolute Gasteiger partial charge is 0.134 e. The molecule has 0 aliphatic carbocycles. The molecule has 2 aromatic carbocycles. The standard InChI is InChI=1S/C24H32O2/c1-4-20(5-2)8-6-7-17-26-24-15-13-23(14-16-24)22-11-9-21(10-12-22)18-19(3)25/h9-16,20H,4-8,17-18H2,1-3H3. The molecule has 2 rings (SSSR count). The molecule has 0 N–H and O–H groups in total. The third-order valence-electron chi connectivity index (χ3n) is 5.02. The molecular weight excluding hydrogens is 320 g/mol. The molecule has 0 bridgehead atoms. The number of Topliss-reactive ketones (excluding diaryl/α,β-unsaturated/α-hetero) is 1. The lowest BCUT2D eigenvalue weighted by molar-refractivity contribution is -0.116. The fraction of sp³-hybridized carbons (Fsp3) is 0.458. The Balaban J connectivity index is 1.79. The summed E-state index contributed by atoms with van der Waals surface area (Å²) in [5, 5.41) is 0.